The number of aromatic nitrogens is 2. The number of nitrogens with one attached hydrogen (secondary N) is 1. The summed E-state index contributed by atoms with van der Waals surface area (Å²) in [6.07, 6.45) is 2.00. The number of carbonyl (C=O) groups is 2. The Bertz CT molecular complexity index is 2250. The third-order valence-electron chi connectivity index (χ3n) is 10.9. The molecule has 314 valence electrons. The van der Waals surface area contributed by atoms with Crippen molar-refractivity contribution in [3.63, 3.8) is 0 Å². The molecule has 2 aliphatic rings. The maximum Gasteiger partial charge on any atom is 0.330 e. The van der Waals surface area contributed by atoms with Crippen LogP contribution in [0.25, 0.3) is 0 Å². The van der Waals surface area contributed by atoms with E-state index in [9.17, 15) is 24.3 Å². The molecule has 0 unspecified atom stereocenters. The van der Waals surface area contributed by atoms with Crippen LogP contribution in [0.1, 0.15) is 82.2 Å². The molecular weight excluding hydrogens is 771 g/mol. The molecule has 0 saturated carbocycles. The summed E-state index contributed by atoms with van der Waals surface area (Å²) in [6, 6.07) is 32.9. The van der Waals surface area contributed by atoms with E-state index in [0.717, 1.165) is 52.0 Å². The standard InChI is InChI=1S/C46H49N3O11/c1-55-34-22-18-32(19-23-34)46(31-14-8-7-9-15-31,33-20-24-35(56-2)25-21-33)58-30-38-41(40(51)44(60-38)48-27-26-39(50)47-45(48)54)57-28-12-5-3-4-6-13-29-59-49-42(52)36-16-10-11-17-37(36)43(49)53/h7-11,14-27,38,40-41,44,51H,3-6,12-13,28-30H2,1-2H3,(H,47,50,54)/t38-,40-,41-,44-/m1/s1. The van der Waals surface area contributed by atoms with Gasteiger partial charge in [0, 0.05) is 18.9 Å². The van der Waals surface area contributed by atoms with Gasteiger partial charge in [0.15, 0.2) is 6.23 Å². The van der Waals surface area contributed by atoms with Crippen molar-refractivity contribution in [2.75, 3.05) is 34.0 Å². The minimum absolute atomic E-state index is 0.0634. The quantitative estimate of drug-likeness (QED) is 0.0556. The first-order valence-corrected chi connectivity index (χ1v) is 20.1. The Kier molecular flexibility index (Phi) is 13.7. The molecule has 7 rings (SSSR count). The number of aliphatic hydroxyl groups is 1. The number of imide groups is 1. The summed E-state index contributed by atoms with van der Waals surface area (Å²) in [7, 11) is 3.21. The average Bonchev–Trinajstić information content (AvgIpc) is 3.72. The Morgan fingerprint density at radius 2 is 1.20 bits per heavy atom. The lowest BCUT2D eigenvalue weighted by molar-refractivity contribution is -0.104. The third kappa shape index (κ3) is 8.98. The van der Waals surface area contributed by atoms with Gasteiger partial charge < -0.3 is 28.8 Å². The van der Waals surface area contributed by atoms with Gasteiger partial charge >= 0.3 is 5.69 Å². The first-order chi connectivity index (χ1) is 29.2. The number of H-pyrrole nitrogens is 1. The molecule has 3 heterocycles. The minimum atomic E-state index is -1.28. The number of rotatable bonds is 20. The maximum atomic E-state index is 12.9. The highest BCUT2D eigenvalue weighted by Crippen LogP contribution is 2.43. The number of unbranched alkanes of at least 4 members (excludes halogenated alkanes) is 5. The Labute approximate surface area is 347 Å². The van der Waals surface area contributed by atoms with E-state index in [2.05, 4.69) is 4.98 Å². The number of ether oxygens (including phenoxy) is 5. The lowest BCUT2D eigenvalue weighted by Crippen LogP contribution is -2.41. The Morgan fingerprint density at radius 1 is 0.667 bits per heavy atom. The number of nitrogens with zero attached hydrogens (tertiary/aromatic N) is 2. The second kappa shape index (κ2) is 19.4. The van der Waals surface area contributed by atoms with E-state index in [4.69, 9.17) is 28.5 Å². The summed E-state index contributed by atoms with van der Waals surface area (Å²) in [5, 5.41) is 12.6. The normalized spacial score (nSPS) is 18.8. The van der Waals surface area contributed by atoms with Crippen LogP contribution in [0.3, 0.4) is 0 Å². The topological polar surface area (TPSA) is 168 Å². The largest absolute Gasteiger partial charge is 0.497 e. The Balaban J connectivity index is 1.02. The van der Waals surface area contributed by atoms with Crippen LogP contribution in [0.15, 0.2) is 125 Å². The number of carbonyl (C=O) groups excluding carboxylic acids is 2. The highest BCUT2D eigenvalue weighted by molar-refractivity contribution is 6.20. The van der Waals surface area contributed by atoms with Gasteiger partial charge in [-0.3, -0.25) is 28.8 Å². The number of aliphatic hydroxyl groups excluding tert-OH is 1. The summed E-state index contributed by atoms with van der Waals surface area (Å²) in [4.78, 5) is 57.7. The van der Waals surface area contributed by atoms with Crippen LogP contribution in [0.2, 0.25) is 0 Å². The summed E-state index contributed by atoms with van der Waals surface area (Å²) in [5.74, 6) is 0.469. The zero-order valence-corrected chi connectivity index (χ0v) is 33.6. The second-order valence-corrected chi connectivity index (χ2v) is 14.6. The molecule has 2 amide bonds. The predicted molar refractivity (Wildman–Crippen MR) is 220 cm³/mol. The van der Waals surface area contributed by atoms with Crippen LogP contribution in [0.4, 0.5) is 0 Å². The van der Waals surface area contributed by atoms with E-state index < -0.39 is 53.2 Å². The van der Waals surface area contributed by atoms with Crippen molar-refractivity contribution in [3.8, 4) is 11.5 Å². The van der Waals surface area contributed by atoms with Crippen LogP contribution in [0.5, 0.6) is 11.5 Å². The molecule has 1 fully saturated rings. The summed E-state index contributed by atoms with van der Waals surface area (Å²) >= 11 is 0. The van der Waals surface area contributed by atoms with Gasteiger partial charge in [0.2, 0.25) is 0 Å². The SMILES string of the molecule is COc1ccc(C(OC[C@H]2O[C@@H](n3ccc(=O)[nH]c3=O)[C@H](O)[C@@H]2OCCCCCCCCON2C(=O)c3ccccc3C2=O)(c2ccccc2)c2ccc(OC)cc2)cc1. The van der Waals surface area contributed by atoms with E-state index in [1.54, 1.807) is 38.5 Å². The van der Waals surface area contributed by atoms with E-state index in [0.29, 0.717) is 42.1 Å². The van der Waals surface area contributed by atoms with Gasteiger partial charge in [0.25, 0.3) is 17.4 Å². The molecule has 0 aliphatic carbocycles. The second-order valence-electron chi connectivity index (χ2n) is 14.6. The first-order valence-electron chi connectivity index (χ1n) is 20.1. The van der Waals surface area contributed by atoms with Gasteiger partial charge in [-0.25, -0.2) is 4.79 Å². The molecule has 0 spiro atoms. The summed E-state index contributed by atoms with van der Waals surface area (Å²) in [5.41, 5.74) is 0.668. The molecule has 14 nitrogen and oxygen atoms in total. The molecule has 0 radical (unpaired) electrons. The number of hydrogen-bond donors (Lipinski definition) is 2. The smallest absolute Gasteiger partial charge is 0.330 e. The van der Waals surface area contributed by atoms with Crippen LogP contribution in [-0.2, 0) is 24.6 Å². The monoisotopic (exact) mass is 819 g/mol. The lowest BCUT2D eigenvalue weighted by atomic mass is 9.80. The number of hydrogen-bond acceptors (Lipinski definition) is 11. The zero-order chi connectivity index (χ0) is 42.1. The molecule has 0 bridgehead atoms. The summed E-state index contributed by atoms with van der Waals surface area (Å²) < 4.78 is 32.0. The molecular formula is C46H49N3O11. The molecule has 4 aromatic carbocycles. The van der Waals surface area contributed by atoms with Gasteiger partial charge in [-0.2, -0.15) is 0 Å². The molecule has 1 aromatic heterocycles. The van der Waals surface area contributed by atoms with Gasteiger partial charge in [0.1, 0.15) is 35.4 Å². The molecule has 5 aromatic rings. The van der Waals surface area contributed by atoms with Crippen molar-refractivity contribution in [3.05, 3.63) is 164 Å². The number of aromatic amines is 1. The van der Waals surface area contributed by atoms with Crippen LogP contribution >= 0.6 is 0 Å². The Hall–Kier alpha value is -5.90. The van der Waals surface area contributed by atoms with Crippen molar-refractivity contribution in [1.29, 1.82) is 0 Å². The number of methoxy groups -OCH3 is 2. The number of benzene rings is 4. The van der Waals surface area contributed by atoms with Gasteiger partial charge in [-0.1, -0.05) is 92.4 Å². The number of fused-ring (bicyclic) bond motifs is 1. The third-order valence-corrected chi connectivity index (χ3v) is 10.9. The molecule has 2 aliphatic heterocycles. The molecule has 14 heteroatoms. The molecule has 1 saturated heterocycles. The molecule has 60 heavy (non-hydrogen) atoms. The summed E-state index contributed by atoms with van der Waals surface area (Å²) in [6.45, 7) is 0.490. The van der Waals surface area contributed by atoms with Gasteiger partial charge in [-0.15, -0.1) is 5.06 Å². The first kappa shape index (κ1) is 42.2. The predicted octanol–water partition coefficient (Wildman–Crippen LogP) is 5.77. The number of amides is 2. The van der Waals surface area contributed by atoms with Gasteiger partial charge in [0.05, 0.1) is 38.6 Å². The van der Waals surface area contributed by atoms with E-state index >= 15 is 0 Å². The minimum Gasteiger partial charge on any atom is -0.497 e. The fourth-order valence-corrected chi connectivity index (χ4v) is 7.77. The van der Waals surface area contributed by atoms with Crippen LogP contribution < -0.4 is 20.7 Å². The van der Waals surface area contributed by atoms with Crippen molar-refractivity contribution in [1.82, 2.24) is 14.6 Å². The van der Waals surface area contributed by atoms with E-state index in [-0.39, 0.29) is 13.2 Å². The van der Waals surface area contributed by atoms with Crippen LogP contribution in [0, 0.1) is 0 Å². The van der Waals surface area contributed by atoms with Crippen LogP contribution in [-0.4, -0.2) is 83.9 Å². The Morgan fingerprint density at radius 3 is 1.77 bits per heavy atom. The lowest BCUT2D eigenvalue weighted by Gasteiger charge is -2.37. The average molecular weight is 820 g/mol. The van der Waals surface area contributed by atoms with Crippen molar-refractivity contribution >= 4 is 11.8 Å². The van der Waals surface area contributed by atoms with E-state index in [1.807, 2.05) is 78.9 Å². The highest BCUT2D eigenvalue weighted by atomic mass is 16.7. The van der Waals surface area contributed by atoms with E-state index in [1.165, 1.54) is 12.3 Å². The van der Waals surface area contributed by atoms with Crippen molar-refractivity contribution in [2.24, 2.45) is 0 Å². The molecule has 2 N–H and O–H groups in total. The molecule has 4 atom stereocenters. The highest BCUT2D eigenvalue weighted by Gasteiger charge is 2.48. The number of hydroxylamine groups is 2. The fourth-order valence-electron chi connectivity index (χ4n) is 7.77. The maximum absolute atomic E-state index is 12.9. The van der Waals surface area contributed by atoms with Gasteiger partial charge in [-0.05, 0) is 65.9 Å². The zero-order valence-electron chi connectivity index (χ0n) is 33.6. The fraction of sp³-hybridized carbons (Fsp3) is 0.348. The van der Waals surface area contributed by atoms with Crippen molar-refractivity contribution in [2.45, 2.75) is 68.7 Å². The van der Waals surface area contributed by atoms with Crippen molar-refractivity contribution < 1.29 is 43.2 Å².